The monoisotopic (exact) mass is 170 g/mol. The van der Waals surface area contributed by atoms with Crippen molar-refractivity contribution in [3.05, 3.63) is 0 Å². The van der Waals surface area contributed by atoms with Gasteiger partial charge in [-0.2, -0.15) is 0 Å². The Morgan fingerprint density at radius 2 is 1.67 bits per heavy atom. The molecule has 0 amide bonds. The normalized spacial score (nSPS) is 25.0. The van der Waals surface area contributed by atoms with E-state index in [9.17, 15) is 0 Å². The number of rotatable bonds is 5. The van der Waals surface area contributed by atoms with E-state index in [1.807, 2.05) is 0 Å². The molecule has 0 bridgehead atoms. The van der Waals surface area contributed by atoms with Crippen molar-refractivity contribution < 1.29 is 4.48 Å². The predicted octanol–water partition coefficient (Wildman–Crippen LogP) is 2.66. The summed E-state index contributed by atoms with van der Waals surface area (Å²) in [6.45, 7) is 13.7. The van der Waals surface area contributed by atoms with Crippen LogP contribution in [0.5, 0.6) is 0 Å². The van der Waals surface area contributed by atoms with Crippen LogP contribution in [0.3, 0.4) is 0 Å². The van der Waals surface area contributed by atoms with Gasteiger partial charge in [-0.05, 0) is 19.8 Å². The highest BCUT2D eigenvalue weighted by molar-refractivity contribution is 4.65. The average Bonchev–Trinajstić information content (AvgIpc) is 2.84. The number of hydrogen-bond donors (Lipinski definition) is 0. The van der Waals surface area contributed by atoms with Gasteiger partial charge in [-0.3, -0.25) is 0 Å². The van der Waals surface area contributed by atoms with Crippen LogP contribution in [0, 0.1) is 5.92 Å². The van der Waals surface area contributed by atoms with Gasteiger partial charge < -0.3 is 4.48 Å². The first-order valence-corrected chi connectivity index (χ1v) is 5.50. The van der Waals surface area contributed by atoms with Gasteiger partial charge in [0.2, 0.25) is 0 Å². The van der Waals surface area contributed by atoms with Crippen molar-refractivity contribution in [3.8, 4) is 0 Å². The van der Waals surface area contributed by atoms with Crippen LogP contribution in [-0.2, 0) is 0 Å². The van der Waals surface area contributed by atoms with E-state index >= 15 is 0 Å². The SMILES string of the molecule is CCC(C)C[N+]1(C(C)CC)CC1. The topological polar surface area (TPSA) is 0 Å². The minimum Gasteiger partial charge on any atom is -0.312 e. The second-order valence-corrected chi connectivity index (χ2v) is 4.62. The zero-order chi connectivity index (χ0) is 9.19. The maximum atomic E-state index is 2.41. The van der Waals surface area contributed by atoms with Gasteiger partial charge in [0, 0.05) is 5.92 Å². The Kier molecular flexibility index (Phi) is 3.16. The fraction of sp³-hybridized carbons (Fsp3) is 1.00. The summed E-state index contributed by atoms with van der Waals surface area (Å²) in [7, 11) is 0. The quantitative estimate of drug-likeness (QED) is 0.439. The van der Waals surface area contributed by atoms with E-state index in [-0.39, 0.29) is 0 Å². The zero-order valence-corrected chi connectivity index (χ0v) is 9.14. The molecule has 0 aromatic heterocycles. The third-order valence-corrected chi connectivity index (χ3v) is 3.70. The van der Waals surface area contributed by atoms with Gasteiger partial charge in [0.25, 0.3) is 0 Å². The van der Waals surface area contributed by atoms with Gasteiger partial charge in [0.05, 0.1) is 12.6 Å². The maximum absolute atomic E-state index is 2.41. The molecule has 0 radical (unpaired) electrons. The van der Waals surface area contributed by atoms with Crippen LogP contribution in [0.2, 0.25) is 0 Å². The Bertz CT molecular complexity index is 138. The van der Waals surface area contributed by atoms with Crippen LogP contribution in [0.25, 0.3) is 0 Å². The molecule has 0 saturated carbocycles. The Morgan fingerprint density at radius 1 is 1.08 bits per heavy atom. The highest BCUT2D eigenvalue weighted by atomic mass is 15.5. The molecule has 2 unspecified atom stereocenters. The molecule has 1 heteroatoms. The van der Waals surface area contributed by atoms with E-state index in [4.69, 9.17) is 0 Å². The summed E-state index contributed by atoms with van der Waals surface area (Å²) < 4.78 is 1.42. The number of nitrogens with zero attached hydrogens (tertiary/aromatic N) is 1. The molecule has 1 aliphatic heterocycles. The second kappa shape index (κ2) is 3.78. The zero-order valence-electron chi connectivity index (χ0n) is 9.14. The van der Waals surface area contributed by atoms with Crippen LogP contribution in [0.1, 0.15) is 40.5 Å². The molecule has 1 aliphatic rings. The molecule has 12 heavy (non-hydrogen) atoms. The fourth-order valence-corrected chi connectivity index (χ4v) is 2.07. The summed E-state index contributed by atoms with van der Waals surface area (Å²) in [6, 6.07) is 0.902. The summed E-state index contributed by atoms with van der Waals surface area (Å²) >= 11 is 0. The van der Waals surface area contributed by atoms with Crippen LogP contribution < -0.4 is 0 Å². The van der Waals surface area contributed by atoms with E-state index in [0.717, 1.165) is 12.0 Å². The summed E-state index contributed by atoms with van der Waals surface area (Å²) in [5.41, 5.74) is 0. The molecule has 1 rings (SSSR count). The minimum absolute atomic E-state index is 0.902. The molecular formula is C11H24N+. The van der Waals surface area contributed by atoms with E-state index in [2.05, 4.69) is 27.7 Å². The molecule has 1 heterocycles. The summed E-state index contributed by atoms with van der Waals surface area (Å²) in [5.74, 6) is 0.918. The van der Waals surface area contributed by atoms with Crippen molar-refractivity contribution in [2.45, 2.75) is 46.6 Å². The van der Waals surface area contributed by atoms with Crippen molar-refractivity contribution >= 4 is 0 Å². The van der Waals surface area contributed by atoms with Gasteiger partial charge in [-0.15, -0.1) is 0 Å². The summed E-state index contributed by atoms with van der Waals surface area (Å²) in [5, 5.41) is 0. The first-order chi connectivity index (χ1) is 5.64. The number of hydrogen-bond acceptors (Lipinski definition) is 0. The van der Waals surface area contributed by atoms with Crippen LogP contribution in [-0.4, -0.2) is 30.2 Å². The molecular weight excluding hydrogens is 146 g/mol. The first kappa shape index (κ1) is 10.0. The average molecular weight is 170 g/mol. The van der Waals surface area contributed by atoms with Crippen LogP contribution >= 0.6 is 0 Å². The first-order valence-electron chi connectivity index (χ1n) is 5.50. The Balaban J connectivity index is 2.39. The van der Waals surface area contributed by atoms with E-state index in [0.29, 0.717) is 0 Å². The van der Waals surface area contributed by atoms with E-state index < -0.39 is 0 Å². The van der Waals surface area contributed by atoms with Crippen LogP contribution in [0.4, 0.5) is 0 Å². The Hall–Kier alpha value is -0.0400. The molecule has 0 spiro atoms. The summed E-state index contributed by atoms with van der Waals surface area (Å²) in [4.78, 5) is 0. The largest absolute Gasteiger partial charge is 0.312 e. The van der Waals surface area contributed by atoms with Gasteiger partial charge >= 0.3 is 0 Å². The van der Waals surface area contributed by atoms with Crippen LogP contribution in [0.15, 0.2) is 0 Å². The third kappa shape index (κ3) is 2.01. The molecule has 0 aromatic rings. The van der Waals surface area contributed by atoms with Gasteiger partial charge in [-0.25, -0.2) is 0 Å². The molecule has 2 atom stereocenters. The van der Waals surface area contributed by atoms with Crippen molar-refractivity contribution in [2.75, 3.05) is 19.6 Å². The lowest BCUT2D eigenvalue weighted by molar-refractivity contribution is -0.829. The standard InChI is InChI=1S/C11H24N/c1-5-10(3)9-12(7-8-12)11(4)6-2/h10-11H,5-9H2,1-4H3/q+1. The van der Waals surface area contributed by atoms with Crippen molar-refractivity contribution in [3.63, 3.8) is 0 Å². The minimum atomic E-state index is 0.902. The van der Waals surface area contributed by atoms with E-state index in [1.165, 1.54) is 37.0 Å². The van der Waals surface area contributed by atoms with Gasteiger partial charge in [0.15, 0.2) is 0 Å². The fourth-order valence-electron chi connectivity index (χ4n) is 2.07. The van der Waals surface area contributed by atoms with Gasteiger partial charge in [0.1, 0.15) is 13.1 Å². The lowest BCUT2D eigenvalue weighted by atomic mass is 10.1. The summed E-state index contributed by atoms with van der Waals surface area (Å²) in [6.07, 6.45) is 2.69. The highest BCUT2D eigenvalue weighted by Gasteiger charge is 2.46. The molecule has 1 fully saturated rings. The second-order valence-electron chi connectivity index (χ2n) is 4.62. The molecule has 72 valence electrons. The van der Waals surface area contributed by atoms with Gasteiger partial charge in [-0.1, -0.05) is 20.8 Å². The molecule has 0 aliphatic carbocycles. The Labute approximate surface area is 77.4 Å². The molecule has 1 saturated heterocycles. The smallest absolute Gasteiger partial charge is 0.129 e. The maximum Gasteiger partial charge on any atom is 0.129 e. The predicted molar refractivity (Wildman–Crippen MR) is 54.1 cm³/mol. The molecule has 0 N–H and O–H groups in total. The van der Waals surface area contributed by atoms with E-state index in [1.54, 1.807) is 0 Å². The molecule has 0 aromatic carbocycles. The van der Waals surface area contributed by atoms with Crippen molar-refractivity contribution in [2.24, 2.45) is 5.92 Å². The highest BCUT2D eigenvalue weighted by Crippen LogP contribution is 2.30. The van der Waals surface area contributed by atoms with Crippen molar-refractivity contribution in [1.82, 2.24) is 0 Å². The lowest BCUT2D eigenvalue weighted by Gasteiger charge is -2.27. The lowest BCUT2D eigenvalue weighted by Crippen LogP contribution is -2.38. The number of quaternary nitrogens is 1. The van der Waals surface area contributed by atoms with Crippen molar-refractivity contribution in [1.29, 1.82) is 0 Å². The Morgan fingerprint density at radius 3 is 2.00 bits per heavy atom. The third-order valence-electron chi connectivity index (χ3n) is 3.70. The molecule has 1 nitrogen and oxygen atoms in total.